The summed E-state index contributed by atoms with van der Waals surface area (Å²) in [7, 11) is 0. The summed E-state index contributed by atoms with van der Waals surface area (Å²) in [4.78, 5) is 0. The zero-order valence-electron chi connectivity index (χ0n) is 6.39. The van der Waals surface area contributed by atoms with Crippen LogP contribution in [0.3, 0.4) is 0 Å². The Balaban J connectivity index is 2.67. The molecule has 0 unspecified atom stereocenters. The molecule has 0 nitrogen and oxygen atoms in total. The molecule has 0 radical (unpaired) electrons. The highest BCUT2D eigenvalue weighted by molar-refractivity contribution is 5.63. The number of rotatable bonds is 0. The van der Waals surface area contributed by atoms with Crippen molar-refractivity contribution < 1.29 is 4.39 Å². The molecule has 0 spiro atoms. The van der Waals surface area contributed by atoms with Gasteiger partial charge >= 0.3 is 0 Å². The summed E-state index contributed by atoms with van der Waals surface area (Å²) in [5.74, 6) is -0.120. The fourth-order valence-electron chi connectivity index (χ4n) is 1.53. The lowest BCUT2D eigenvalue weighted by Crippen LogP contribution is -1.88. The van der Waals surface area contributed by atoms with Crippen LogP contribution in [-0.2, 0) is 6.42 Å². The van der Waals surface area contributed by atoms with Gasteiger partial charge in [-0.15, -0.1) is 0 Å². The number of hydrogen-bond donors (Lipinski definition) is 0. The zero-order chi connectivity index (χ0) is 7.84. The number of allylic oxidation sites excluding steroid dienone is 1. The molecule has 11 heavy (non-hydrogen) atoms. The third-order valence-electron chi connectivity index (χ3n) is 2.06. The second-order valence-electron chi connectivity index (χ2n) is 2.90. The van der Waals surface area contributed by atoms with Crippen molar-refractivity contribution in [2.75, 3.05) is 0 Å². The van der Waals surface area contributed by atoms with Gasteiger partial charge in [0.1, 0.15) is 5.82 Å². The molecule has 1 aromatic carbocycles. The number of aryl methyl sites for hydroxylation is 1. The molecular formula is C10H9F. The van der Waals surface area contributed by atoms with Crippen molar-refractivity contribution in [3.05, 3.63) is 40.7 Å². The van der Waals surface area contributed by atoms with E-state index in [9.17, 15) is 4.39 Å². The third kappa shape index (κ3) is 0.967. The lowest BCUT2D eigenvalue weighted by Gasteiger charge is -2.02. The molecule has 1 heteroatoms. The Morgan fingerprint density at radius 1 is 1.36 bits per heavy atom. The molecule has 1 aromatic rings. The SMILES string of the molecule is Cc1cc(F)cc2c1C=CC2. The van der Waals surface area contributed by atoms with Crippen LogP contribution in [0.15, 0.2) is 18.2 Å². The second kappa shape index (κ2) is 2.19. The molecule has 0 aliphatic heterocycles. The van der Waals surface area contributed by atoms with E-state index in [4.69, 9.17) is 0 Å². The Morgan fingerprint density at radius 3 is 3.00 bits per heavy atom. The van der Waals surface area contributed by atoms with Crippen LogP contribution in [0.2, 0.25) is 0 Å². The lowest BCUT2D eigenvalue weighted by molar-refractivity contribution is 0.625. The maximum absolute atomic E-state index is 12.8. The van der Waals surface area contributed by atoms with Crippen LogP contribution < -0.4 is 0 Å². The molecule has 56 valence electrons. The maximum atomic E-state index is 12.8. The number of hydrogen-bond acceptors (Lipinski definition) is 0. The topological polar surface area (TPSA) is 0 Å². The molecule has 0 N–H and O–H groups in total. The van der Waals surface area contributed by atoms with Gasteiger partial charge in [0.2, 0.25) is 0 Å². The van der Waals surface area contributed by atoms with E-state index in [0.29, 0.717) is 0 Å². The fraction of sp³-hybridized carbons (Fsp3) is 0.200. The molecule has 0 aromatic heterocycles. The van der Waals surface area contributed by atoms with E-state index in [0.717, 1.165) is 17.5 Å². The van der Waals surface area contributed by atoms with Gasteiger partial charge in [0.05, 0.1) is 0 Å². The normalized spacial score (nSPS) is 13.6. The standard InChI is InChI=1S/C10H9F/c1-7-5-9(11)6-8-3-2-4-10(7)8/h2,4-6H,3H2,1H3. The summed E-state index contributed by atoms with van der Waals surface area (Å²) in [6.07, 6.45) is 5.01. The van der Waals surface area contributed by atoms with Gasteiger partial charge in [0.25, 0.3) is 0 Å². The van der Waals surface area contributed by atoms with Crippen LogP contribution in [0.1, 0.15) is 16.7 Å². The van der Waals surface area contributed by atoms with Gasteiger partial charge in [-0.3, -0.25) is 0 Å². The Bertz CT molecular complexity index is 324. The molecule has 2 rings (SSSR count). The number of benzene rings is 1. The van der Waals surface area contributed by atoms with E-state index in [1.54, 1.807) is 12.1 Å². The Morgan fingerprint density at radius 2 is 2.18 bits per heavy atom. The van der Waals surface area contributed by atoms with Crippen LogP contribution in [0.5, 0.6) is 0 Å². The zero-order valence-corrected chi connectivity index (χ0v) is 6.39. The Kier molecular flexibility index (Phi) is 1.31. The van der Waals surface area contributed by atoms with E-state index in [2.05, 4.69) is 12.2 Å². The molecular weight excluding hydrogens is 139 g/mol. The summed E-state index contributed by atoms with van der Waals surface area (Å²) in [6, 6.07) is 3.19. The Hall–Kier alpha value is -1.11. The molecule has 0 atom stereocenters. The van der Waals surface area contributed by atoms with Crippen LogP contribution in [0.25, 0.3) is 6.08 Å². The van der Waals surface area contributed by atoms with Crippen molar-refractivity contribution in [2.45, 2.75) is 13.3 Å². The fourth-order valence-corrected chi connectivity index (χ4v) is 1.53. The highest BCUT2D eigenvalue weighted by atomic mass is 19.1. The van der Waals surface area contributed by atoms with E-state index in [1.165, 1.54) is 5.56 Å². The highest BCUT2D eigenvalue weighted by Gasteiger charge is 2.08. The van der Waals surface area contributed by atoms with Gasteiger partial charge in [0.15, 0.2) is 0 Å². The third-order valence-corrected chi connectivity index (χ3v) is 2.06. The molecule has 0 amide bonds. The first-order valence-corrected chi connectivity index (χ1v) is 3.73. The van der Waals surface area contributed by atoms with Gasteiger partial charge in [0, 0.05) is 0 Å². The Labute approximate surface area is 65.4 Å². The van der Waals surface area contributed by atoms with Crippen molar-refractivity contribution in [3.63, 3.8) is 0 Å². The van der Waals surface area contributed by atoms with E-state index in [1.807, 2.05) is 6.92 Å². The molecule has 0 saturated carbocycles. The molecule has 0 heterocycles. The molecule has 1 aliphatic rings. The average Bonchev–Trinajstić information content (AvgIpc) is 2.34. The lowest BCUT2D eigenvalue weighted by atomic mass is 10.0. The van der Waals surface area contributed by atoms with Crippen LogP contribution in [-0.4, -0.2) is 0 Å². The predicted octanol–water partition coefficient (Wildman–Crippen LogP) is 2.70. The van der Waals surface area contributed by atoms with E-state index in [-0.39, 0.29) is 5.82 Å². The van der Waals surface area contributed by atoms with Crippen molar-refractivity contribution in [2.24, 2.45) is 0 Å². The summed E-state index contributed by atoms with van der Waals surface area (Å²) < 4.78 is 12.8. The smallest absolute Gasteiger partial charge is 0.123 e. The summed E-state index contributed by atoms with van der Waals surface area (Å²) in [5, 5.41) is 0. The molecule has 0 bridgehead atoms. The summed E-state index contributed by atoms with van der Waals surface area (Å²) >= 11 is 0. The van der Waals surface area contributed by atoms with Crippen molar-refractivity contribution in [1.29, 1.82) is 0 Å². The van der Waals surface area contributed by atoms with Crippen LogP contribution >= 0.6 is 0 Å². The minimum absolute atomic E-state index is 0.120. The minimum Gasteiger partial charge on any atom is -0.207 e. The maximum Gasteiger partial charge on any atom is 0.123 e. The van der Waals surface area contributed by atoms with E-state index < -0.39 is 0 Å². The van der Waals surface area contributed by atoms with E-state index >= 15 is 0 Å². The average molecular weight is 148 g/mol. The van der Waals surface area contributed by atoms with Gasteiger partial charge in [-0.05, 0) is 42.2 Å². The van der Waals surface area contributed by atoms with Gasteiger partial charge < -0.3 is 0 Å². The monoisotopic (exact) mass is 148 g/mol. The largest absolute Gasteiger partial charge is 0.207 e. The van der Waals surface area contributed by atoms with Crippen molar-refractivity contribution in [3.8, 4) is 0 Å². The first kappa shape index (κ1) is 6.59. The number of fused-ring (bicyclic) bond motifs is 1. The van der Waals surface area contributed by atoms with Crippen molar-refractivity contribution >= 4 is 6.08 Å². The van der Waals surface area contributed by atoms with Gasteiger partial charge in [-0.25, -0.2) is 4.39 Å². The number of halogens is 1. The van der Waals surface area contributed by atoms with Gasteiger partial charge in [-0.2, -0.15) is 0 Å². The molecule has 0 fully saturated rings. The van der Waals surface area contributed by atoms with Crippen LogP contribution in [0, 0.1) is 12.7 Å². The first-order chi connectivity index (χ1) is 5.27. The quantitative estimate of drug-likeness (QED) is 0.530. The van der Waals surface area contributed by atoms with Crippen molar-refractivity contribution in [1.82, 2.24) is 0 Å². The molecule has 1 aliphatic carbocycles. The predicted molar refractivity (Wildman–Crippen MR) is 43.9 cm³/mol. The minimum atomic E-state index is -0.120. The summed E-state index contributed by atoms with van der Waals surface area (Å²) in [5.41, 5.74) is 3.35. The van der Waals surface area contributed by atoms with Gasteiger partial charge in [-0.1, -0.05) is 12.2 Å². The second-order valence-corrected chi connectivity index (χ2v) is 2.90. The van der Waals surface area contributed by atoms with Crippen LogP contribution in [0.4, 0.5) is 4.39 Å². The molecule has 0 saturated heterocycles. The summed E-state index contributed by atoms with van der Waals surface area (Å²) in [6.45, 7) is 1.94. The first-order valence-electron chi connectivity index (χ1n) is 3.73. The highest BCUT2D eigenvalue weighted by Crippen LogP contribution is 2.23.